The lowest BCUT2D eigenvalue weighted by molar-refractivity contribution is -0.123. The first-order valence-corrected chi connectivity index (χ1v) is 11.0. The molecule has 8 nitrogen and oxygen atoms in total. The number of hydrogen-bond acceptors (Lipinski definition) is 6. The predicted molar refractivity (Wildman–Crippen MR) is 120 cm³/mol. The lowest BCUT2D eigenvalue weighted by Crippen LogP contribution is -2.46. The third-order valence-electron chi connectivity index (χ3n) is 5.68. The molecule has 2 aromatic rings. The molecule has 2 amide bonds. The number of ether oxygens (including phenoxy) is 3. The van der Waals surface area contributed by atoms with Crippen molar-refractivity contribution in [3.05, 3.63) is 53.6 Å². The van der Waals surface area contributed by atoms with Gasteiger partial charge in [0, 0.05) is 25.4 Å². The van der Waals surface area contributed by atoms with Crippen molar-refractivity contribution in [3.63, 3.8) is 0 Å². The number of hydrogen-bond donors (Lipinski definition) is 2. The van der Waals surface area contributed by atoms with Crippen molar-refractivity contribution in [3.8, 4) is 11.5 Å². The number of carbonyl (C=O) groups is 2. The van der Waals surface area contributed by atoms with Crippen molar-refractivity contribution in [2.45, 2.75) is 32.0 Å². The van der Waals surface area contributed by atoms with Crippen LogP contribution in [0.2, 0.25) is 0 Å². The lowest BCUT2D eigenvalue weighted by atomic mass is 10.0. The van der Waals surface area contributed by atoms with Crippen LogP contribution in [0.1, 0.15) is 41.9 Å². The normalized spacial score (nSPS) is 19.8. The molecule has 2 aromatic carbocycles. The summed E-state index contributed by atoms with van der Waals surface area (Å²) in [5.41, 5.74) is 2.30. The minimum Gasteiger partial charge on any atom is -0.493 e. The first-order chi connectivity index (χ1) is 15.6. The van der Waals surface area contributed by atoms with Gasteiger partial charge in [-0.2, -0.15) is 0 Å². The Bertz CT molecular complexity index is 974. The maximum absolute atomic E-state index is 13.4. The van der Waals surface area contributed by atoms with Crippen molar-refractivity contribution in [1.82, 2.24) is 10.2 Å². The van der Waals surface area contributed by atoms with Gasteiger partial charge in [0.25, 0.3) is 11.8 Å². The topological polar surface area (TPSA) is 89.1 Å². The quantitative estimate of drug-likeness (QED) is 0.658. The fraction of sp³-hybridized carbons (Fsp3) is 0.417. The van der Waals surface area contributed by atoms with E-state index in [1.54, 1.807) is 13.2 Å². The van der Waals surface area contributed by atoms with E-state index in [-0.39, 0.29) is 30.7 Å². The zero-order valence-electron chi connectivity index (χ0n) is 18.4. The van der Waals surface area contributed by atoms with Crippen LogP contribution in [0, 0.1) is 0 Å². The van der Waals surface area contributed by atoms with Gasteiger partial charge in [-0.05, 0) is 49.6 Å². The molecule has 0 radical (unpaired) electrons. The van der Waals surface area contributed by atoms with Gasteiger partial charge in [0.05, 0.1) is 18.8 Å². The number of nitrogens with zero attached hydrogens (tertiary/aromatic N) is 1. The Balaban J connectivity index is 1.61. The van der Waals surface area contributed by atoms with E-state index in [9.17, 15) is 9.59 Å². The van der Waals surface area contributed by atoms with Crippen molar-refractivity contribution in [1.29, 1.82) is 0 Å². The first-order valence-electron chi connectivity index (χ1n) is 11.0. The SMILES string of the molecule is CCNC(=O)COc1ccc([C@H]2Nc3ccccc3C(=O)N2C[C@@H]2CCCO2)cc1OC. The fourth-order valence-electron chi connectivity index (χ4n) is 4.12. The molecule has 0 unspecified atom stereocenters. The predicted octanol–water partition coefficient (Wildman–Crippen LogP) is 2.96. The van der Waals surface area contributed by atoms with E-state index in [0.717, 1.165) is 30.7 Å². The summed E-state index contributed by atoms with van der Waals surface area (Å²) in [6.07, 6.45) is 1.59. The van der Waals surface area contributed by atoms with Crippen LogP contribution in [0.15, 0.2) is 42.5 Å². The van der Waals surface area contributed by atoms with E-state index < -0.39 is 0 Å². The van der Waals surface area contributed by atoms with Gasteiger partial charge in [-0.25, -0.2) is 0 Å². The highest BCUT2D eigenvalue weighted by atomic mass is 16.5. The van der Waals surface area contributed by atoms with Crippen LogP contribution < -0.4 is 20.1 Å². The second kappa shape index (κ2) is 9.91. The molecule has 2 heterocycles. The van der Waals surface area contributed by atoms with Crippen molar-refractivity contribution in [2.24, 2.45) is 0 Å². The summed E-state index contributed by atoms with van der Waals surface area (Å²) in [7, 11) is 1.55. The van der Waals surface area contributed by atoms with Gasteiger partial charge in [0.1, 0.15) is 6.17 Å². The molecule has 0 aliphatic carbocycles. The molecule has 1 fully saturated rings. The Morgan fingerprint density at radius 2 is 2.09 bits per heavy atom. The van der Waals surface area contributed by atoms with Crippen LogP contribution in [-0.4, -0.2) is 56.2 Å². The molecule has 2 atom stereocenters. The molecule has 0 saturated carbocycles. The maximum Gasteiger partial charge on any atom is 0.257 e. The van der Waals surface area contributed by atoms with Gasteiger partial charge in [0.2, 0.25) is 0 Å². The van der Waals surface area contributed by atoms with Crippen molar-refractivity contribution >= 4 is 17.5 Å². The van der Waals surface area contributed by atoms with E-state index in [1.807, 2.05) is 48.2 Å². The lowest BCUT2D eigenvalue weighted by Gasteiger charge is -2.39. The van der Waals surface area contributed by atoms with E-state index in [1.165, 1.54) is 0 Å². The van der Waals surface area contributed by atoms with Crippen molar-refractivity contribution in [2.75, 3.05) is 38.7 Å². The summed E-state index contributed by atoms with van der Waals surface area (Å²) in [5, 5.41) is 6.19. The van der Waals surface area contributed by atoms with E-state index >= 15 is 0 Å². The van der Waals surface area contributed by atoms with Gasteiger partial charge in [-0.1, -0.05) is 18.2 Å². The number of methoxy groups -OCH3 is 1. The maximum atomic E-state index is 13.4. The van der Waals surface area contributed by atoms with Gasteiger partial charge in [-0.15, -0.1) is 0 Å². The molecule has 4 rings (SSSR count). The van der Waals surface area contributed by atoms with Gasteiger partial charge in [-0.3, -0.25) is 9.59 Å². The molecule has 170 valence electrons. The second-order valence-corrected chi connectivity index (χ2v) is 7.84. The number of anilines is 1. The summed E-state index contributed by atoms with van der Waals surface area (Å²) in [4.78, 5) is 26.9. The largest absolute Gasteiger partial charge is 0.493 e. The number of amides is 2. The van der Waals surface area contributed by atoms with E-state index in [2.05, 4.69) is 10.6 Å². The molecule has 0 aromatic heterocycles. The van der Waals surface area contributed by atoms with Gasteiger partial charge in [0.15, 0.2) is 18.1 Å². The number of carbonyl (C=O) groups excluding carboxylic acids is 2. The van der Waals surface area contributed by atoms with Crippen LogP contribution >= 0.6 is 0 Å². The van der Waals surface area contributed by atoms with Crippen LogP contribution in [0.4, 0.5) is 5.69 Å². The molecule has 2 aliphatic rings. The zero-order valence-corrected chi connectivity index (χ0v) is 18.4. The molecule has 1 saturated heterocycles. The highest BCUT2D eigenvalue weighted by Gasteiger charge is 2.35. The zero-order chi connectivity index (χ0) is 22.5. The molecule has 0 bridgehead atoms. The Morgan fingerprint density at radius 1 is 1.25 bits per heavy atom. The summed E-state index contributed by atoms with van der Waals surface area (Å²) < 4.78 is 17.0. The number of likely N-dealkylation sites (N-methyl/N-ethyl adjacent to an activating group) is 1. The van der Waals surface area contributed by atoms with Crippen molar-refractivity contribution < 1.29 is 23.8 Å². The minimum atomic E-state index is -0.382. The molecule has 32 heavy (non-hydrogen) atoms. The Kier molecular flexibility index (Phi) is 6.80. The third-order valence-corrected chi connectivity index (χ3v) is 5.68. The number of fused-ring (bicyclic) bond motifs is 1. The Labute approximate surface area is 187 Å². The highest BCUT2D eigenvalue weighted by Crippen LogP contribution is 2.37. The third kappa shape index (κ3) is 4.65. The molecule has 0 spiro atoms. The summed E-state index contributed by atoms with van der Waals surface area (Å²) in [6.45, 7) is 3.53. The summed E-state index contributed by atoms with van der Waals surface area (Å²) in [6, 6.07) is 13.0. The average molecular weight is 440 g/mol. The number of benzene rings is 2. The summed E-state index contributed by atoms with van der Waals surface area (Å²) >= 11 is 0. The fourth-order valence-corrected chi connectivity index (χ4v) is 4.12. The molecule has 2 aliphatic heterocycles. The number of rotatable bonds is 8. The highest BCUT2D eigenvalue weighted by molar-refractivity contribution is 6.01. The van der Waals surface area contributed by atoms with Crippen LogP contribution in [0.5, 0.6) is 11.5 Å². The Morgan fingerprint density at radius 3 is 2.84 bits per heavy atom. The molecular weight excluding hydrogens is 410 g/mol. The van der Waals surface area contributed by atoms with E-state index in [0.29, 0.717) is 30.2 Å². The van der Waals surface area contributed by atoms with Gasteiger partial charge < -0.3 is 29.7 Å². The first kappa shape index (κ1) is 22.0. The van der Waals surface area contributed by atoms with Gasteiger partial charge >= 0.3 is 0 Å². The second-order valence-electron chi connectivity index (χ2n) is 7.84. The number of nitrogens with one attached hydrogen (secondary N) is 2. The van der Waals surface area contributed by atoms with Crippen LogP contribution in [0.25, 0.3) is 0 Å². The van der Waals surface area contributed by atoms with E-state index in [4.69, 9.17) is 14.2 Å². The smallest absolute Gasteiger partial charge is 0.257 e. The molecular formula is C24H29N3O5. The molecule has 2 N–H and O–H groups in total. The van der Waals surface area contributed by atoms with Crippen LogP contribution in [0.3, 0.4) is 0 Å². The average Bonchev–Trinajstić information content (AvgIpc) is 3.33. The summed E-state index contributed by atoms with van der Waals surface area (Å²) in [5.74, 6) is 0.737. The monoisotopic (exact) mass is 439 g/mol. The number of para-hydroxylation sites is 1. The minimum absolute atomic E-state index is 0.0232. The Hall–Kier alpha value is -3.26. The molecule has 8 heteroatoms. The standard InChI is InChI=1S/C24H29N3O5/c1-3-25-22(28)15-32-20-11-10-16(13-21(20)30-2)23-26-19-9-5-4-8-18(19)24(29)27(23)14-17-7-6-12-31-17/h4-5,8-11,13,17,23,26H,3,6-7,12,14-15H2,1-2H3,(H,25,28)/t17-,23-/m0/s1. The van der Waals surface area contributed by atoms with Crippen LogP contribution in [-0.2, 0) is 9.53 Å².